The molecule has 6 heteroatoms. The van der Waals surface area contributed by atoms with Gasteiger partial charge in [0.1, 0.15) is 0 Å². The van der Waals surface area contributed by atoms with Gasteiger partial charge in [-0.2, -0.15) is 0 Å². The average molecular weight is 390 g/mol. The summed E-state index contributed by atoms with van der Waals surface area (Å²) in [6.07, 6.45) is 13.8. The van der Waals surface area contributed by atoms with Crippen molar-refractivity contribution in [3.63, 3.8) is 0 Å². The number of hydrogen-bond acceptors (Lipinski definition) is 4. The third-order valence-corrected chi connectivity index (χ3v) is 6.37. The van der Waals surface area contributed by atoms with Crippen LogP contribution in [-0.2, 0) is 10.0 Å². The molecule has 2 rings (SSSR count). The second-order valence-electron chi connectivity index (χ2n) is 6.77. The van der Waals surface area contributed by atoms with E-state index >= 15 is 0 Å². The summed E-state index contributed by atoms with van der Waals surface area (Å²) in [5.41, 5.74) is 0. The number of unbranched alkanes of at least 4 members (excludes halogenated alkanes) is 8. The Kier molecular flexibility index (Phi) is 9.25. The van der Waals surface area contributed by atoms with Gasteiger partial charge >= 0.3 is 0 Å². The van der Waals surface area contributed by atoms with E-state index in [1.807, 2.05) is 6.07 Å². The third kappa shape index (κ3) is 6.94. The number of hydrogen-bond donors (Lipinski definition) is 0. The summed E-state index contributed by atoms with van der Waals surface area (Å²) in [6, 6.07) is 10.2. The van der Waals surface area contributed by atoms with Gasteiger partial charge in [-0.3, -0.25) is 0 Å². The van der Waals surface area contributed by atoms with Crippen molar-refractivity contribution in [3.8, 4) is 0 Å². The van der Waals surface area contributed by atoms with E-state index in [-0.39, 0.29) is 10.8 Å². The highest BCUT2D eigenvalue weighted by Crippen LogP contribution is 2.21. The first-order valence-corrected chi connectivity index (χ1v) is 11.4. The lowest BCUT2D eigenvalue weighted by Gasteiger charge is -2.22. The predicted molar refractivity (Wildman–Crippen MR) is 110 cm³/mol. The van der Waals surface area contributed by atoms with Gasteiger partial charge in [0.05, 0.1) is 4.90 Å². The summed E-state index contributed by atoms with van der Waals surface area (Å²) in [5, 5.41) is 0. The first kappa shape index (κ1) is 21.4. The molecule has 0 spiro atoms. The van der Waals surface area contributed by atoms with Gasteiger partial charge < -0.3 is 0 Å². The van der Waals surface area contributed by atoms with Crippen molar-refractivity contribution in [1.29, 1.82) is 0 Å². The lowest BCUT2D eigenvalue weighted by molar-refractivity contribution is 0.561. The molecule has 5 nitrogen and oxygen atoms in total. The lowest BCUT2D eigenvalue weighted by Crippen LogP contribution is -2.33. The Morgan fingerprint density at radius 1 is 0.778 bits per heavy atom. The topological polar surface area (TPSA) is 63.2 Å². The van der Waals surface area contributed by atoms with Gasteiger partial charge in [0.15, 0.2) is 0 Å². The number of nitrogens with zero attached hydrogens (tertiary/aromatic N) is 3. The number of sulfonamides is 1. The minimum atomic E-state index is -3.65. The second kappa shape index (κ2) is 11.7. The molecule has 0 atom stereocenters. The monoisotopic (exact) mass is 389 g/mol. The largest absolute Gasteiger partial charge is 0.266 e. The quantitative estimate of drug-likeness (QED) is 0.442. The SMILES string of the molecule is CCCCCCCCCCCN(c1ncccn1)S(=O)(=O)c1ccccc1. The predicted octanol–water partition coefficient (Wildman–Crippen LogP) is 5.20. The van der Waals surface area contributed by atoms with Crippen LogP contribution in [0.2, 0.25) is 0 Å². The van der Waals surface area contributed by atoms with Crippen LogP contribution < -0.4 is 4.31 Å². The van der Waals surface area contributed by atoms with Gasteiger partial charge in [0.2, 0.25) is 5.95 Å². The number of benzene rings is 1. The highest BCUT2D eigenvalue weighted by molar-refractivity contribution is 7.92. The van der Waals surface area contributed by atoms with Gasteiger partial charge in [0, 0.05) is 18.9 Å². The molecule has 0 aliphatic carbocycles. The van der Waals surface area contributed by atoms with E-state index in [2.05, 4.69) is 16.9 Å². The Hall–Kier alpha value is -1.95. The normalized spacial score (nSPS) is 11.4. The molecule has 148 valence electrons. The van der Waals surface area contributed by atoms with Crippen LogP contribution in [0.5, 0.6) is 0 Å². The minimum absolute atomic E-state index is 0.237. The molecular weight excluding hydrogens is 358 g/mol. The van der Waals surface area contributed by atoms with Crippen LogP contribution in [0, 0.1) is 0 Å². The Labute approximate surface area is 163 Å². The third-order valence-electron chi connectivity index (χ3n) is 4.57. The van der Waals surface area contributed by atoms with Gasteiger partial charge in [-0.25, -0.2) is 22.7 Å². The maximum absolute atomic E-state index is 13.0. The van der Waals surface area contributed by atoms with Gasteiger partial charge in [-0.05, 0) is 24.6 Å². The van der Waals surface area contributed by atoms with Crippen LogP contribution in [0.15, 0.2) is 53.7 Å². The van der Waals surface area contributed by atoms with Crippen molar-refractivity contribution in [1.82, 2.24) is 9.97 Å². The molecule has 0 amide bonds. The molecule has 1 aromatic carbocycles. The summed E-state index contributed by atoms with van der Waals surface area (Å²) in [6.45, 7) is 2.63. The molecule has 0 fully saturated rings. The molecule has 0 unspecified atom stereocenters. The molecule has 0 aliphatic heterocycles. The standard InChI is InChI=1S/C21H31N3O2S/c1-2-3-4-5-6-7-8-9-13-19-24(21-22-17-14-18-23-21)27(25,26)20-15-11-10-12-16-20/h10-12,14-18H,2-9,13,19H2,1H3. The molecule has 0 aliphatic rings. The van der Waals surface area contributed by atoms with E-state index in [0.717, 1.165) is 19.3 Å². The van der Waals surface area contributed by atoms with Gasteiger partial charge in [0.25, 0.3) is 10.0 Å². The lowest BCUT2D eigenvalue weighted by atomic mass is 10.1. The highest BCUT2D eigenvalue weighted by Gasteiger charge is 2.26. The van der Waals surface area contributed by atoms with Gasteiger partial charge in [-0.15, -0.1) is 0 Å². The van der Waals surface area contributed by atoms with E-state index in [1.165, 1.54) is 42.8 Å². The average Bonchev–Trinajstić information content (AvgIpc) is 2.70. The summed E-state index contributed by atoms with van der Waals surface area (Å²) in [5.74, 6) is 0.237. The molecule has 1 heterocycles. The fourth-order valence-corrected chi connectivity index (χ4v) is 4.47. The highest BCUT2D eigenvalue weighted by atomic mass is 32.2. The summed E-state index contributed by atoms with van der Waals surface area (Å²) in [4.78, 5) is 8.60. The molecule has 2 aromatic rings. The van der Waals surface area contributed by atoms with Crippen LogP contribution >= 0.6 is 0 Å². The molecule has 0 radical (unpaired) electrons. The van der Waals surface area contributed by atoms with Crippen molar-refractivity contribution in [3.05, 3.63) is 48.8 Å². The molecule has 0 N–H and O–H groups in total. The fourth-order valence-electron chi connectivity index (χ4n) is 3.03. The Morgan fingerprint density at radius 3 is 1.93 bits per heavy atom. The molecule has 1 aromatic heterocycles. The van der Waals surface area contributed by atoms with E-state index in [1.54, 1.807) is 42.7 Å². The molecule has 0 saturated carbocycles. The van der Waals surface area contributed by atoms with Gasteiger partial charge in [-0.1, -0.05) is 76.5 Å². The molecule has 0 bridgehead atoms. The van der Waals surface area contributed by atoms with E-state index in [4.69, 9.17) is 0 Å². The fraction of sp³-hybridized carbons (Fsp3) is 0.524. The molecule has 27 heavy (non-hydrogen) atoms. The zero-order chi connectivity index (χ0) is 19.4. The van der Waals surface area contributed by atoms with Crippen LogP contribution in [0.25, 0.3) is 0 Å². The molecular formula is C21H31N3O2S. The number of anilines is 1. The van der Waals surface area contributed by atoms with Crippen molar-refractivity contribution < 1.29 is 8.42 Å². The number of rotatable bonds is 13. The van der Waals surface area contributed by atoms with Crippen LogP contribution in [-0.4, -0.2) is 24.9 Å². The molecule has 0 saturated heterocycles. The minimum Gasteiger partial charge on any atom is -0.234 e. The van der Waals surface area contributed by atoms with Crippen molar-refractivity contribution in [2.75, 3.05) is 10.8 Å². The summed E-state index contributed by atoms with van der Waals surface area (Å²) in [7, 11) is -3.65. The number of aromatic nitrogens is 2. The summed E-state index contributed by atoms with van der Waals surface area (Å²) < 4.78 is 27.4. The van der Waals surface area contributed by atoms with Crippen molar-refractivity contribution in [2.45, 2.75) is 69.6 Å². The van der Waals surface area contributed by atoms with Crippen LogP contribution in [0.4, 0.5) is 5.95 Å². The Bertz CT molecular complexity index is 737. The Morgan fingerprint density at radius 2 is 1.33 bits per heavy atom. The smallest absolute Gasteiger partial charge is 0.234 e. The first-order valence-electron chi connectivity index (χ1n) is 10.0. The van der Waals surface area contributed by atoms with Crippen molar-refractivity contribution in [2.24, 2.45) is 0 Å². The van der Waals surface area contributed by atoms with E-state index in [0.29, 0.717) is 6.54 Å². The van der Waals surface area contributed by atoms with Crippen LogP contribution in [0.3, 0.4) is 0 Å². The van der Waals surface area contributed by atoms with Crippen molar-refractivity contribution >= 4 is 16.0 Å². The zero-order valence-electron chi connectivity index (χ0n) is 16.3. The Balaban J connectivity index is 1.91. The van der Waals surface area contributed by atoms with Crippen LogP contribution in [0.1, 0.15) is 64.7 Å². The van der Waals surface area contributed by atoms with E-state index in [9.17, 15) is 8.42 Å². The van der Waals surface area contributed by atoms with E-state index < -0.39 is 10.0 Å². The first-order chi connectivity index (χ1) is 13.2. The maximum Gasteiger partial charge on any atom is 0.266 e. The second-order valence-corrected chi connectivity index (χ2v) is 8.63. The summed E-state index contributed by atoms with van der Waals surface area (Å²) >= 11 is 0. The maximum atomic E-state index is 13.0. The zero-order valence-corrected chi connectivity index (χ0v) is 17.1.